The van der Waals surface area contributed by atoms with Crippen molar-refractivity contribution in [2.24, 2.45) is 5.92 Å². The average molecular weight is 401 g/mol. The first-order chi connectivity index (χ1) is 10.9. The van der Waals surface area contributed by atoms with Crippen LogP contribution in [0.3, 0.4) is 0 Å². The van der Waals surface area contributed by atoms with Crippen molar-refractivity contribution in [3.05, 3.63) is 40.4 Å². The summed E-state index contributed by atoms with van der Waals surface area (Å²) < 4.78 is 23.5. The smallest absolute Gasteiger partial charge is 0.262 e. The van der Waals surface area contributed by atoms with E-state index in [-0.39, 0.29) is 23.8 Å². The Kier molecular flexibility index (Phi) is 5.95. The molecule has 0 radical (unpaired) electrons. The number of sulfone groups is 1. The minimum Gasteiger partial charge on any atom is -0.273 e. The van der Waals surface area contributed by atoms with Crippen LogP contribution in [-0.4, -0.2) is 31.7 Å². The Bertz CT molecular complexity index is 731. The maximum Gasteiger partial charge on any atom is 0.262 e. The molecule has 2 rings (SSSR count). The standard InChI is InChI=1S/C15H17BrN2O4S/c16-13-4-2-1-3-12(13)5-6-14(19)17-18-15(20)9-11-7-8-23(21,22)10-11/h1-6,11H,7-10H2,(H,17,19)(H,18,20)/b6-5+/t11-/m1/s1. The largest absolute Gasteiger partial charge is 0.273 e. The molecule has 1 fully saturated rings. The third-order valence-electron chi connectivity index (χ3n) is 3.45. The quantitative estimate of drug-likeness (QED) is 0.590. The van der Waals surface area contributed by atoms with Crippen LogP contribution in [0.4, 0.5) is 0 Å². The highest BCUT2D eigenvalue weighted by Crippen LogP contribution is 2.21. The predicted octanol–water partition coefficient (Wildman–Crippen LogP) is 1.43. The molecule has 1 aromatic carbocycles. The van der Waals surface area contributed by atoms with E-state index in [0.29, 0.717) is 6.42 Å². The van der Waals surface area contributed by atoms with E-state index in [1.54, 1.807) is 6.08 Å². The second-order valence-electron chi connectivity index (χ2n) is 5.37. The van der Waals surface area contributed by atoms with Gasteiger partial charge in [-0.1, -0.05) is 34.1 Å². The van der Waals surface area contributed by atoms with Gasteiger partial charge in [0.05, 0.1) is 11.5 Å². The van der Waals surface area contributed by atoms with Gasteiger partial charge < -0.3 is 0 Å². The van der Waals surface area contributed by atoms with Crippen molar-refractivity contribution in [1.82, 2.24) is 10.9 Å². The molecular formula is C15H17BrN2O4S. The van der Waals surface area contributed by atoms with Crippen LogP contribution in [0.5, 0.6) is 0 Å². The van der Waals surface area contributed by atoms with Crippen LogP contribution in [0.1, 0.15) is 18.4 Å². The zero-order chi connectivity index (χ0) is 16.9. The zero-order valence-electron chi connectivity index (χ0n) is 12.3. The fraction of sp³-hybridized carbons (Fsp3) is 0.333. The molecule has 1 aliphatic rings. The van der Waals surface area contributed by atoms with Crippen molar-refractivity contribution >= 4 is 43.7 Å². The van der Waals surface area contributed by atoms with Crippen LogP contribution in [0.15, 0.2) is 34.8 Å². The molecule has 0 saturated carbocycles. The van der Waals surface area contributed by atoms with Crippen LogP contribution in [0, 0.1) is 5.92 Å². The summed E-state index contributed by atoms with van der Waals surface area (Å²) in [6, 6.07) is 7.41. The lowest BCUT2D eigenvalue weighted by Gasteiger charge is -2.08. The first-order valence-electron chi connectivity index (χ1n) is 7.07. The minimum atomic E-state index is -3.00. The van der Waals surface area contributed by atoms with Crippen molar-refractivity contribution in [3.63, 3.8) is 0 Å². The lowest BCUT2D eigenvalue weighted by molar-refractivity contribution is -0.127. The number of amides is 2. The third kappa shape index (κ3) is 5.80. The summed E-state index contributed by atoms with van der Waals surface area (Å²) in [5.41, 5.74) is 5.41. The highest BCUT2D eigenvalue weighted by atomic mass is 79.9. The molecule has 1 heterocycles. The molecule has 1 aromatic rings. The molecule has 8 heteroatoms. The molecule has 0 bridgehead atoms. The van der Waals surface area contributed by atoms with Crippen molar-refractivity contribution < 1.29 is 18.0 Å². The lowest BCUT2D eigenvalue weighted by Crippen LogP contribution is -2.41. The number of benzene rings is 1. The van der Waals surface area contributed by atoms with Gasteiger partial charge in [-0.15, -0.1) is 0 Å². The number of hydrogen-bond acceptors (Lipinski definition) is 4. The van der Waals surface area contributed by atoms with Gasteiger partial charge in [0, 0.05) is 17.0 Å². The SMILES string of the molecule is O=C(/C=C/c1ccccc1Br)NNC(=O)C[C@H]1CCS(=O)(=O)C1. The van der Waals surface area contributed by atoms with Crippen LogP contribution < -0.4 is 10.9 Å². The molecule has 124 valence electrons. The zero-order valence-corrected chi connectivity index (χ0v) is 14.7. The van der Waals surface area contributed by atoms with E-state index in [0.717, 1.165) is 10.0 Å². The van der Waals surface area contributed by atoms with E-state index in [1.807, 2.05) is 24.3 Å². The van der Waals surface area contributed by atoms with E-state index < -0.39 is 21.7 Å². The molecule has 6 nitrogen and oxygen atoms in total. The highest BCUT2D eigenvalue weighted by Gasteiger charge is 2.29. The van der Waals surface area contributed by atoms with Crippen LogP contribution in [-0.2, 0) is 19.4 Å². The maximum atomic E-state index is 11.7. The van der Waals surface area contributed by atoms with Gasteiger partial charge in [0.1, 0.15) is 0 Å². The second-order valence-corrected chi connectivity index (χ2v) is 8.45. The topological polar surface area (TPSA) is 92.3 Å². The molecule has 1 atom stereocenters. The van der Waals surface area contributed by atoms with Gasteiger partial charge in [0.2, 0.25) is 5.91 Å². The number of nitrogens with one attached hydrogen (secondary N) is 2. The van der Waals surface area contributed by atoms with Crippen LogP contribution in [0.25, 0.3) is 6.08 Å². The lowest BCUT2D eigenvalue weighted by atomic mass is 10.1. The number of hydrogen-bond donors (Lipinski definition) is 2. The predicted molar refractivity (Wildman–Crippen MR) is 90.8 cm³/mol. The Morgan fingerprint density at radius 2 is 2.00 bits per heavy atom. The van der Waals surface area contributed by atoms with E-state index in [4.69, 9.17) is 0 Å². The van der Waals surface area contributed by atoms with Crippen molar-refractivity contribution in [1.29, 1.82) is 0 Å². The highest BCUT2D eigenvalue weighted by molar-refractivity contribution is 9.10. The number of hydrazine groups is 1. The van der Waals surface area contributed by atoms with Crippen molar-refractivity contribution in [2.75, 3.05) is 11.5 Å². The molecule has 0 spiro atoms. The summed E-state index contributed by atoms with van der Waals surface area (Å²) >= 11 is 3.36. The van der Waals surface area contributed by atoms with Gasteiger partial charge in [-0.3, -0.25) is 20.4 Å². The number of carbonyl (C=O) groups is 2. The summed E-state index contributed by atoms with van der Waals surface area (Å²) in [5, 5.41) is 0. The first-order valence-corrected chi connectivity index (χ1v) is 9.69. The molecule has 0 aliphatic carbocycles. The monoisotopic (exact) mass is 400 g/mol. The van der Waals surface area contributed by atoms with Gasteiger partial charge in [-0.2, -0.15) is 0 Å². The molecule has 23 heavy (non-hydrogen) atoms. The normalized spacial score (nSPS) is 19.6. The summed E-state index contributed by atoms with van der Waals surface area (Å²) in [7, 11) is -3.00. The molecule has 2 amide bonds. The summed E-state index contributed by atoms with van der Waals surface area (Å²) in [4.78, 5) is 23.3. The Hall–Kier alpha value is -1.67. The Balaban J connectivity index is 1.76. The molecule has 2 N–H and O–H groups in total. The summed E-state index contributed by atoms with van der Waals surface area (Å²) in [5.74, 6) is -0.863. The van der Waals surface area contributed by atoms with Gasteiger partial charge >= 0.3 is 0 Å². The minimum absolute atomic E-state index is 0.0380. The van der Waals surface area contributed by atoms with E-state index in [1.165, 1.54) is 6.08 Å². The average Bonchev–Trinajstić information content (AvgIpc) is 2.83. The fourth-order valence-corrected chi connectivity index (χ4v) is 4.57. The maximum absolute atomic E-state index is 11.7. The number of halogens is 1. The second kappa shape index (κ2) is 7.74. The summed E-state index contributed by atoms with van der Waals surface area (Å²) in [6.45, 7) is 0. The van der Waals surface area contributed by atoms with Crippen molar-refractivity contribution in [2.45, 2.75) is 12.8 Å². The van der Waals surface area contributed by atoms with Crippen molar-refractivity contribution in [3.8, 4) is 0 Å². The van der Waals surface area contributed by atoms with E-state index in [2.05, 4.69) is 26.8 Å². The Labute approximate surface area is 143 Å². The summed E-state index contributed by atoms with van der Waals surface area (Å²) in [6.07, 6.45) is 3.51. The molecule has 1 saturated heterocycles. The van der Waals surface area contributed by atoms with E-state index in [9.17, 15) is 18.0 Å². The van der Waals surface area contributed by atoms with E-state index >= 15 is 0 Å². The molecule has 1 aliphatic heterocycles. The van der Waals surface area contributed by atoms with Gasteiger partial charge in [0.25, 0.3) is 5.91 Å². The Morgan fingerprint density at radius 1 is 1.26 bits per heavy atom. The third-order valence-corrected chi connectivity index (χ3v) is 6.00. The number of rotatable bonds is 4. The molecule has 0 unspecified atom stereocenters. The fourth-order valence-electron chi connectivity index (χ4n) is 2.29. The Morgan fingerprint density at radius 3 is 2.65 bits per heavy atom. The van der Waals surface area contributed by atoms with Gasteiger partial charge in [-0.25, -0.2) is 8.42 Å². The number of carbonyl (C=O) groups excluding carboxylic acids is 2. The first kappa shape index (κ1) is 17.7. The van der Waals surface area contributed by atoms with Crippen LogP contribution in [0.2, 0.25) is 0 Å². The molecule has 0 aromatic heterocycles. The molecular weight excluding hydrogens is 384 g/mol. The van der Waals surface area contributed by atoms with Crippen LogP contribution >= 0.6 is 15.9 Å². The van der Waals surface area contributed by atoms with Gasteiger partial charge in [0.15, 0.2) is 9.84 Å². The van der Waals surface area contributed by atoms with Gasteiger partial charge in [-0.05, 0) is 30.0 Å².